The van der Waals surface area contributed by atoms with E-state index in [1.165, 1.54) is 0 Å². The number of carboxylic acid groups (broad SMARTS) is 1. The normalized spacial score (nSPS) is 22.9. The Kier molecular flexibility index (Phi) is 3.15. The Balaban J connectivity index is 2.44. The Morgan fingerprint density at radius 3 is 2.78 bits per heavy atom. The van der Waals surface area contributed by atoms with E-state index in [2.05, 4.69) is 4.99 Å². The summed E-state index contributed by atoms with van der Waals surface area (Å²) in [6, 6.07) is 3.11. The molecule has 18 heavy (non-hydrogen) atoms. The van der Waals surface area contributed by atoms with Gasteiger partial charge in [0.05, 0.1) is 0 Å². The molecule has 1 aliphatic rings. The summed E-state index contributed by atoms with van der Waals surface area (Å²) in [5.41, 5.74) is -0.795. The molecule has 96 valence electrons. The van der Waals surface area contributed by atoms with Crippen LogP contribution in [-0.4, -0.2) is 22.3 Å². The van der Waals surface area contributed by atoms with Crippen LogP contribution in [0, 0.1) is 11.6 Å². The van der Waals surface area contributed by atoms with Crippen molar-refractivity contribution in [1.82, 2.24) is 0 Å². The summed E-state index contributed by atoms with van der Waals surface area (Å²) >= 11 is 0. The molecule has 1 heterocycles. The molecule has 5 heteroatoms. The molecule has 0 radical (unpaired) electrons. The average molecular weight is 253 g/mol. The predicted molar refractivity (Wildman–Crippen MR) is 62.8 cm³/mol. The van der Waals surface area contributed by atoms with Gasteiger partial charge >= 0.3 is 5.97 Å². The summed E-state index contributed by atoms with van der Waals surface area (Å²) < 4.78 is 26.7. The number of carbonyl (C=O) groups is 1. The van der Waals surface area contributed by atoms with Gasteiger partial charge in [0, 0.05) is 11.3 Å². The van der Waals surface area contributed by atoms with E-state index in [1.807, 2.05) is 0 Å². The molecule has 1 atom stereocenters. The molecule has 1 aromatic carbocycles. The second-order valence-corrected chi connectivity index (χ2v) is 4.37. The van der Waals surface area contributed by atoms with Gasteiger partial charge in [0.25, 0.3) is 0 Å². The molecule has 1 unspecified atom stereocenters. The van der Waals surface area contributed by atoms with E-state index in [9.17, 15) is 18.7 Å². The minimum Gasteiger partial charge on any atom is -0.479 e. The summed E-state index contributed by atoms with van der Waals surface area (Å²) in [5, 5.41) is 9.18. The van der Waals surface area contributed by atoms with Crippen LogP contribution in [0.1, 0.15) is 31.7 Å². The SMILES string of the molecule is CCC1(C(=O)O)CCC(c2cc(F)ccc2F)=N1. The van der Waals surface area contributed by atoms with Crippen molar-refractivity contribution in [3.8, 4) is 0 Å². The van der Waals surface area contributed by atoms with Crippen molar-refractivity contribution < 1.29 is 18.7 Å². The number of hydrogen-bond donors (Lipinski definition) is 1. The summed E-state index contributed by atoms with van der Waals surface area (Å²) in [6.45, 7) is 1.72. The molecular formula is C13H13F2NO2. The van der Waals surface area contributed by atoms with E-state index in [0.717, 1.165) is 18.2 Å². The van der Waals surface area contributed by atoms with Crippen LogP contribution in [0.15, 0.2) is 23.2 Å². The molecule has 0 amide bonds. The van der Waals surface area contributed by atoms with Crippen LogP contribution in [0.4, 0.5) is 8.78 Å². The Hall–Kier alpha value is -1.78. The Morgan fingerprint density at radius 2 is 2.22 bits per heavy atom. The minimum atomic E-state index is -1.19. The third-order valence-electron chi connectivity index (χ3n) is 3.35. The number of benzene rings is 1. The molecule has 0 saturated heterocycles. The molecule has 0 aliphatic carbocycles. The van der Waals surface area contributed by atoms with E-state index >= 15 is 0 Å². The minimum absolute atomic E-state index is 0.0616. The largest absolute Gasteiger partial charge is 0.479 e. The molecule has 1 aromatic rings. The number of halogens is 2. The molecule has 0 saturated carbocycles. The van der Waals surface area contributed by atoms with Crippen molar-refractivity contribution in [2.24, 2.45) is 4.99 Å². The first-order valence-corrected chi connectivity index (χ1v) is 5.76. The predicted octanol–water partition coefficient (Wildman–Crippen LogP) is 2.78. The molecule has 0 bridgehead atoms. The standard InChI is InChI=1S/C13H13F2NO2/c1-2-13(12(17)18)6-5-11(16-13)9-7-8(14)3-4-10(9)15/h3-4,7H,2,5-6H2,1H3,(H,17,18). The van der Waals surface area contributed by atoms with E-state index < -0.39 is 23.1 Å². The summed E-state index contributed by atoms with van der Waals surface area (Å²) in [7, 11) is 0. The second-order valence-electron chi connectivity index (χ2n) is 4.37. The van der Waals surface area contributed by atoms with Crippen molar-refractivity contribution >= 4 is 11.7 Å². The zero-order chi connectivity index (χ0) is 13.3. The number of hydrogen-bond acceptors (Lipinski definition) is 2. The van der Waals surface area contributed by atoms with Crippen LogP contribution in [0.2, 0.25) is 0 Å². The van der Waals surface area contributed by atoms with Gasteiger partial charge in [-0.3, -0.25) is 4.99 Å². The zero-order valence-electron chi connectivity index (χ0n) is 9.91. The highest BCUT2D eigenvalue weighted by Crippen LogP contribution is 2.32. The number of carboxylic acids is 1. The van der Waals surface area contributed by atoms with Crippen molar-refractivity contribution in [3.63, 3.8) is 0 Å². The van der Waals surface area contributed by atoms with Gasteiger partial charge in [0.15, 0.2) is 5.54 Å². The fourth-order valence-electron chi connectivity index (χ4n) is 2.17. The van der Waals surface area contributed by atoms with Gasteiger partial charge in [-0.2, -0.15) is 0 Å². The lowest BCUT2D eigenvalue weighted by atomic mass is 9.93. The fraction of sp³-hybridized carbons (Fsp3) is 0.385. The maximum Gasteiger partial charge on any atom is 0.331 e. The molecule has 0 fully saturated rings. The first-order chi connectivity index (χ1) is 8.48. The Labute approximate surface area is 103 Å². The van der Waals surface area contributed by atoms with Gasteiger partial charge < -0.3 is 5.11 Å². The number of rotatable bonds is 3. The smallest absolute Gasteiger partial charge is 0.331 e. The average Bonchev–Trinajstić information content (AvgIpc) is 2.78. The van der Waals surface area contributed by atoms with Gasteiger partial charge in [0.1, 0.15) is 11.6 Å². The van der Waals surface area contributed by atoms with Crippen LogP contribution in [-0.2, 0) is 4.79 Å². The molecule has 0 spiro atoms. The van der Waals surface area contributed by atoms with E-state index in [0.29, 0.717) is 25.0 Å². The first-order valence-electron chi connectivity index (χ1n) is 5.76. The molecule has 2 rings (SSSR count). The van der Waals surface area contributed by atoms with Crippen molar-refractivity contribution in [1.29, 1.82) is 0 Å². The third kappa shape index (κ3) is 2.00. The van der Waals surface area contributed by atoms with Gasteiger partial charge in [-0.05, 0) is 37.5 Å². The van der Waals surface area contributed by atoms with Crippen molar-refractivity contribution in [2.75, 3.05) is 0 Å². The van der Waals surface area contributed by atoms with E-state index in [1.54, 1.807) is 6.92 Å². The Morgan fingerprint density at radius 1 is 1.50 bits per heavy atom. The van der Waals surface area contributed by atoms with Crippen LogP contribution < -0.4 is 0 Å². The maximum absolute atomic E-state index is 13.6. The lowest BCUT2D eigenvalue weighted by Gasteiger charge is -2.17. The quantitative estimate of drug-likeness (QED) is 0.900. The molecular weight excluding hydrogens is 240 g/mol. The molecule has 1 aliphatic heterocycles. The van der Waals surface area contributed by atoms with Crippen LogP contribution in [0.25, 0.3) is 0 Å². The number of nitrogens with zero attached hydrogens (tertiary/aromatic N) is 1. The van der Waals surface area contributed by atoms with E-state index in [-0.39, 0.29) is 5.56 Å². The van der Waals surface area contributed by atoms with Gasteiger partial charge in [-0.15, -0.1) is 0 Å². The third-order valence-corrected chi connectivity index (χ3v) is 3.35. The second kappa shape index (κ2) is 4.48. The molecule has 0 aromatic heterocycles. The van der Waals surface area contributed by atoms with Crippen LogP contribution >= 0.6 is 0 Å². The van der Waals surface area contributed by atoms with Crippen molar-refractivity contribution in [2.45, 2.75) is 31.7 Å². The topological polar surface area (TPSA) is 49.7 Å². The van der Waals surface area contributed by atoms with Crippen LogP contribution in [0.3, 0.4) is 0 Å². The molecule has 1 N–H and O–H groups in total. The maximum atomic E-state index is 13.6. The number of aliphatic imine (C=N–C) groups is 1. The highest BCUT2D eigenvalue weighted by Gasteiger charge is 2.41. The van der Waals surface area contributed by atoms with Gasteiger partial charge in [-0.25, -0.2) is 13.6 Å². The van der Waals surface area contributed by atoms with Gasteiger partial charge in [-0.1, -0.05) is 6.92 Å². The highest BCUT2D eigenvalue weighted by molar-refractivity contribution is 6.04. The van der Waals surface area contributed by atoms with Crippen LogP contribution in [0.5, 0.6) is 0 Å². The van der Waals surface area contributed by atoms with Gasteiger partial charge in [0.2, 0.25) is 0 Å². The fourth-order valence-corrected chi connectivity index (χ4v) is 2.17. The first kappa shape index (κ1) is 12.7. The monoisotopic (exact) mass is 253 g/mol. The highest BCUT2D eigenvalue weighted by atomic mass is 19.1. The summed E-state index contributed by atoms with van der Waals surface area (Å²) in [6.07, 6.45) is 1.01. The summed E-state index contributed by atoms with van der Waals surface area (Å²) in [5.74, 6) is -2.15. The summed E-state index contributed by atoms with van der Waals surface area (Å²) in [4.78, 5) is 15.3. The zero-order valence-corrected chi connectivity index (χ0v) is 9.91. The lowest BCUT2D eigenvalue weighted by molar-refractivity contribution is -0.143. The Bertz CT molecular complexity index is 528. The lowest BCUT2D eigenvalue weighted by Crippen LogP contribution is -2.33. The number of aliphatic carboxylic acids is 1. The van der Waals surface area contributed by atoms with Crippen molar-refractivity contribution in [3.05, 3.63) is 35.4 Å². The molecule has 3 nitrogen and oxygen atoms in total. The van der Waals surface area contributed by atoms with E-state index in [4.69, 9.17) is 0 Å².